The molecule has 0 rings (SSSR count). The van der Waals surface area contributed by atoms with Crippen LogP contribution in [0, 0.1) is 0 Å². The van der Waals surface area contributed by atoms with Crippen LogP contribution in [0.15, 0.2) is 0 Å². The molecule has 0 heterocycles. The maximum atomic E-state index is 11.9. The average Bonchev–Trinajstić information content (AvgIpc) is 2.93. The standard InChI is InChI=1S/C34H70NO3P/c1-3-5-7-9-11-13-15-17-19-21-23-25-27-29-31-33(35)34(36,39(37)38)32-30-28-26-24-22-20-18-16-14-12-10-8-6-4-2/h33,36H,3-32,35H2,1-2H3. The van der Waals surface area contributed by atoms with Gasteiger partial charge in [-0.05, 0) is 12.8 Å². The lowest BCUT2D eigenvalue weighted by Crippen LogP contribution is -2.46. The van der Waals surface area contributed by atoms with Crippen molar-refractivity contribution in [3.63, 3.8) is 0 Å². The summed E-state index contributed by atoms with van der Waals surface area (Å²) in [6, 6.07) is -0.669. The molecule has 0 radical (unpaired) electrons. The van der Waals surface area contributed by atoms with E-state index < -0.39 is 19.4 Å². The summed E-state index contributed by atoms with van der Waals surface area (Å²) in [4.78, 5) is 11.9. The first-order valence-electron chi connectivity index (χ1n) is 17.6. The third kappa shape index (κ3) is 24.3. The topological polar surface area (TPSA) is 86.4 Å². The van der Waals surface area contributed by atoms with E-state index in [2.05, 4.69) is 13.8 Å². The molecule has 0 aromatic heterocycles. The first-order chi connectivity index (χ1) is 19.0. The molecule has 5 heteroatoms. The Bertz CT molecular complexity index is 519. The van der Waals surface area contributed by atoms with Gasteiger partial charge in [0.05, 0.1) is 6.04 Å². The molecule has 0 saturated carbocycles. The molecule has 0 amide bonds. The van der Waals surface area contributed by atoms with Crippen molar-refractivity contribution in [3.05, 3.63) is 0 Å². The van der Waals surface area contributed by atoms with Gasteiger partial charge in [0.15, 0.2) is 0 Å². The second-order valence-corrected chi connectivity index (χ2v) is 13.8. The van der Waals surface area contributed by atoms with Crippen molar-refractivity contribution < 1.29 is 14.6 Å². The van der Waals surface area contributed by atoms with E-state index in [0.29, 0.717) is 6.42 Å². The zero-order valence-electron chi connectivity index (χ0n) is 26.6. The second kappa shape index (κ2) is 29.5. The molecule has 3 unspecified atom stereocenters. The Hall–Kier alpha value is -0.0200. The SMILES string of the molecule is CCCCCCCCCCCCCCCCC(N)C(O)(CCCCCCCCCCCCCCCC)[P+](=O)[O-]. The van der Waals surface area contributed by atoms with Gasteiger partial charge in [0.25, 0.3) is 5.34 Å². The molecule has 3 atom stereocenters. The molecule has 3 N–H and O–H groups in total. The zero-order valence-corrected chi connectivity index (χ0v) is 27.5. The van der Waals surface area contributed by atoms with Gasteiger partial charge >= 0.3 is 8.03 Å². The van der Waals surface area contributed by atoms with Crippen LogP contribution < -0.4 is 10.6 Å². The fourth-order valence-electron chi connectivity index (χ4n) is 5.78. The van der Waals surface area contributed by atoms with Gasteiger partial charge in [-0.1, -0.05) is 192 Å². The third-order valence-electron chi connectivity index (χ3n) is 8.68. The van der Waals surface area contributed by atoms with Crippen LogP contribution in [0.5, 0.6) is 0 Å². The first kappa shape index (κ1) is 39.0. The minimum atomic E-state index is -2.94. The summed E-state index contributed by atoms with van der Waals surface area (Å²) in [5.41, 5.74) is 6.22. The van der Waals surface area contributed by atoms with Crippen LogP contribution in [-0.2, 0) is 4.57 Å². The van der Waals surface area contributed by atoms with Crippen LogP contribution in [0.1, 0.15) is 206 Å². The summed E-state index contributed by atoms with van der Waals surface area (Å²) in [6.45, 7) is 4.54. The van der Waals surface area contributed by atoms with Crippen LogP contribution in [0.2, 0.25) is 0 Å². The lowest BCUT2D eigenvalue weighted by atomic mass is 9.97. The van der Waals surface area contributed by atoms with Crippen LogP contribution >= 0.6 is 8.03 Å². The van der Waals surface area contributed by atoms with Crippen molar-refractivity contribution in [1.29, 1.82) is 0 Å². The van der Waals surface area contributed by atoms with Gasteiger partial charge in [-0.25, -0.2) is 0 Å². The molecule has 0 bridgehead atoms. The van der Waals surface area contributed by atoms with E-state index in [-0.39, 0.29) is 6.42 Å². The van der Waals surface area contributed by atoms with E-state index in [4.69, 9.17) is 5.73 Å². The van der Waals surface area contributed by atoms with Gasteiger partial charge in [-0.15, -0.1) is 0 Å². The number of nitrogens with two attached hydrogens (primary N) is 1. The Kier molecular flexibility index (Phi) is 29.5. The Morgan fingerprint density at radius 2 is 0.795 bits per heavy atom. The smallest absolute Gasteiger partial charge is 0.346 e. The summed E-state index contributed by atoms with van der Waals surface area (Å²) in [6.07, 6.45) is 36.6. The van der Waals surface area contributed by atoms with Crippen molar-refractivity contribution in [2.24, 2.45) is 5.73 Å². The van der Waals surface area contributed by atoms with E-state index >= 15 is 0 Å². The van der Waals surface area contributed by atoms with E-state index in [0.717, 1.165) is 32.1 Å². The summed E-state index contributed by atoms with van der Waals surface area (Å²) < 4.78 is 11.9. The molecule has 4 nitrogen and oxygen atoms in total. The summed E-state index contributed by atoms with van der Waals surface area (Å²) >= 11 is 0. The molecule has 0 fully saturated rings. The number of aliphatic hydroxyl groups is 1. The fraction of sp³-hybridized carbons (Fsp3) is 1.00. The summed E-state index contributed by atoms with van der Waals surface area (Å²) in [5, 5.41) is 9.10. The number of hydrogen-bond donors (Lipinski definition) is 2. The predicted molar refractivity (Wildman–Crippen MR) is 170 cm³/mol. The molecule has 0 aliphatic carbocycles. The molecule has 39 heavy (non-hydrogen) atoms. The van der Waals surface area contributed by atoms with Crippen molar-refractivity contribution >= 4 is 8.03 Å². The van der Waals surface area contributed by atoms with Crippen molar-refractivity contribution in [3.8, 4) is 0 Å². The Morgan fingerprint density at radius 1 is 0.538 bits per heavy atom. The third-order valence-corrected chi connectivity index (χ3v) is 9.86. The lowest BCUT2D eigenvalue weighted by molar-refractivity contribution is -0.181. The largest absolute Gasteiger partial charge is 0.593 e. The van der Waals surface area contributed by atoms with Gasteiger partial charge in [0.2, 0.25) is 0 Å². The van der Waals surface area contributed by atoms with Crippen LogP contribution in [0.3, 0.4) is 0 Å². The minimum Gasteiger partial charge on any atom is -0.593 e. The molecule has 0 aliphatic heterocycles. The minimum absolute atomic E-state index is 0.281. The van der Waals surface area contributed by atoms with Crippen molar-refractivity contribution in [1.82, 2.24) is 0 Å². The Morgan fingerprint density at radius 3 is 1.08 bits per heavy atom. The monoisotopic (exact) mass is 572 g/mol. The number of rotatable bonds is 32. The lowest BCUT2D eigenvalue weighted by Gasteiger charge is -2.26. The highest BCUT2D eigenvalue weighted by atomic mass is 31.1. The highest BCUT2D eigenvalue weighted by Gasteiger charge is 2.46. The van der Waals surface area contributed by atoms with Crippen LogP contribution in [0.25, 0.3) is 0 Å². The summed E-state index contributed by atoms with van der Waals surface area (Å²) in [7, 11) is -2.94. The molecule has 0 aromatic rings. The van der Waals surface area contributed by atoms with Gasteiger partial charge < -0.3 is 15.7 Å². The van der Waals surface area contributed by atoms with E-state index in [1.54, 1.807) is 0 Å². The Labute approximate surface area is 246 Å². The van der Waals surface area contributed by atoms with Crippen molar-refractivity contribution in [2.45, 2.75) is 218 Å². The fourth-order valence-corrected chi connectivity index (χ4v) is 6.52. The van der Waals surface area contributed by atoms with Gasteiger partial charge in [-0.3, -0.25) is 0 Å². The van der Waals surface area contributed by atoms with Gasteiger partial charge in [-0.2, -0.15) is 0 Å². The maximum absolute atomic E-state index is 11.9. The average molecular weight is 572 g/mol. The van der Waals surface area contributed by atoms with Gasteiger partial charge in [0, 0.05) is 6.42 Å². The molecular formula is C34H70NO3P. The molecule has 0 aromatic carbocycles. The first-order valence-corrected chi connectivity index (χ1v) is 18.8. The molecule has 0 spiro atoms. The van der Waals surface area contributed by atoms with Crippen LogP contribution in [0.4, 0.5) is 0 Å². The molecule has 0 aliphatic rings. The predicted octanol–water partition coefficient (Wildman–Crippen LogP) is 10.8. The normalized spacial score (nSPS) is 14.4. The number of hydrogen-bond acceptors (Lipinski definition) is 4. The zero-order chi connectivity index (χ0) is 28.9. The number of unbranched alkanes of at least 4 members (excludes halogenated alkanes) is 26. The van der Waals surface area contributed by atoms with E-state index in [1.165, 1.54) is 148 Å². The summed E-state index contributed by atoms with van der Waals surface area (Å²) in [5.74, 6) is 0. The maximum Gasteiger partial charge on any atom is 0.346 e. The molecule has 234 valence electrons. The van der Waals surface area contributed by atoms with Crippen LogP contribution in [-0.4, -0.2) is 16.5 Å². The quantitative estimate of drug-likeness (QED) is 0.0621. The highest BCUT2D eigenvalue weighted by Crippen LogP contribution is 2.38. The second-order valence-electron chi connectivity index (χ2n) is 12.5. The van der Waals surface area contributed by atoms with Crippen molar-refractivity contribution in [2.75, 3.05) is 0 Å². The Balaban J connectivity index is 3.69. The highest BCUT2D eigenvalue weighted by molar-refractivity contribution is 7.38. The van der Waals surface area contributed by atoms with Gasteiger partial charge in [0.1, 0.15) is 0 Å². The van der Waals surface area contributed by atoms with E-state index in [9.17, 15) is 14.6 Å². The molecule has 0 saturated heterocycles. The van der Waals surface area contributed by atoms with E-state index in [1.807, 2.05) is 0 Å². The molecular weight excluding hydrogens is 501 g/mol.